The average Bonchev–Trinajstić information content (AvgIpc) is 2.54. The van der Waals surface area contributed by atoms with Crippen molar-refractivity contribution in [2.45, 2.75) is 0 Å². The lowest BCUT2D eigenvalue weighted by molar-refractivity contribution is 0.469. The van der Waals surface area contributed by atoms with Gasteiger partial charge in [-0.1, -0.05) is 36.4 Å². The Morgan fingerprint density at radius 1 is 0.909 bits per heavy atom. The number of para-hydroxylation sites is 1. The van der Waals surface area contributed by atoms with Gasteiger partial charge in [0.15, 0.2) is 0 Å². The highest BCUT2D eigenvalue weighted by molar-refractivity contribution is 5.89. The Labute approximate surface area is 125 Å². The molecule has 22 heavy (non-hydrogen) atoms. The molecule has 0 amide bonds. The van der Waals surface area contributed by atoms with Crippen molar-refractivity contribution in [2.24, 2.45) is 0 Å². The van der Waals surface area contributed by atoms with Crippen molar-refractivity contribution in [2.75, 3.05) is 0 Å². The minimum absolute atomic E-state index is 0.0321. The summed E-state index contributed by atoms with van der Waals surface area (Å²) in [6, 6.07) is 18.0. The van der Waals surface area contributed by atoms with E-state index in [0.29, 0.717) is 16.5 Å². The van der Waals surface area contributed by atoms with Gasteiger partial charge in [0.25, 0.3) is 0 Å². The number of benzene rings is 3. The summed E-state index contributed by atoms with van der Waals surface area (Å²) in [6.07, 6.45) is 0. The summed E-state index contributed by atoms with van der Waals surface area (Å²) in [7, 11) is 0. The smallest absolute Gasteiger partial charge is 0.347 e. The largest absolute Gasteiger partial charge is 0.507 e. The van der Waals surface area contributed by atoms with E-state index in [4.69, 9.17) is 4.42 Å². The van der Waals surface area contributed by atoms with Crippen molar-refractivity contribution in [3.8, 4) is 17.2 Å². The van der Waals surface area contributed by atoms with Crippen LogP contribution in [0, 0.1) is 0 Å². The molecule has 4 nitrogen and oxygen atoms in total. The molecule has 0 saturated heterocycles. The van der Waals surface area contributed by atoms with Crippen molar-refractivity contribution < 1.29 is 9.52 Å². The van der Waals surface area contributed by atoms with E-state index in [1.54, 1.807) is 36.4 Å². The maximum atomic E-state index is 12.1. The highest BCUT2D eigenvalue weighted by Gasteiger charge is 2.13. The van der Waals surface area contributed by atoms with Crippen LogP contribution in [-0.2, 0) is 0 Å². The van der Waals surface area contributed by atoms with Gasteiger partial charge in [0.05, 0.1) is 16.5 Å². The number of phenols is 1. The Morgan fingerprint density at radius 2 is 1.59 bits per heavy atom. The van der Waals surface area contributed by atoms with Gasteiger partial charge >= 0.3 is 5.63 Å². The van der Waals surface area contributed by atoms with Gasteiger partial charge < -0.3 is 9.52 Å². The summed E-state index contributed by atoms with van der Waals surface area (Å²) in [5.74, 6) is 0.150. The summed E-state index contributed by atoms with van der Waals surface area (Å²) in [6.45, 7) is 0. The summed E-state index contributed by atoms with van der Waals surface area (Å²) < 4.78 is 5.28. The van der Waals surface area contributed by atoms with E-state index < -0.39 is 5.63 Å². The predicted molar refractivity (Wildman–Crippen MR) is 84.9 cm³/mol. The number of hydrogen-bond donors (Lipinski definition) is 1. The summed E-state index contributed by atoms with van der Waals surface area (Å²) in [5, 5.41) is 12.5. The van der Waals surface area contributed by atoms with Crippen LogP contribution in [0.15, 0.2) is 69.9 Å². The zero-order chi connectivity index (χ0) is 15.1. The van der Waals surface area contributed by atoms with E-state index in [9.17, 15) is 9.90 Å². The van der Waals surface area contributed by atoms with E-state index in [-0.39, 0.29) is 11.6 Å². The third-order valence-corrected chi connectivity index (χ3v) is 3.63. The van der Waals surface area contributed by atoms with E-state index in [1.165, 1.54) is 0 Å². The van der Waals surface area contributed by atoms with Gasteiger partial charge in [0.1, 0.15) is 5.75 Å². The topological polar surface area (TPSA) is 63.3 Å². The number of fused-ring (bicyclic) bond motifs is 2. The van der Waals surface area contributed by atoms with Gasteiger partial charge in [-0.05, 0) is 35.0 Å². The number of hydrogen-bond acceptors (Lipinski definition) is 4. The molecule has 4 rings (SSSR count). The molecule has 4 aromatic rings. The molecule has 1 aromatic heterocycles. The number of aromatic nitrogens is 1. The Kier molecular flexibility index (Phi) is 2.69. The highest BCUT2D eigenvalue weighted by atomic mass is 16.4. The quantitative estimate of drug-likeness (QED) is 0.580. The van der Waals surface area contributed by atoms with E-state index in [1.807, 2.05) is 24.3 Å². The first-order valence-electron chi connectivity index (χ1n) is 6.84. The fourth-order valence-corrected chi connectivity index (χ4v) is 2.53. The third kappa shape index (κ3) is 1.93. The second-order valence-electron chi connectivity index (χ2n) is 5.04. The number of phenolic OH excluding ortho intramolecular Hbond substituents is 1. The van der Waals surface area contributed by atoms with Gasteiger partial charge in [-0.2, -0.15) is 0 Å². The monoisotopic (exact) mass is 289 g/mol. The third-order valence-electron chi connectivity index (χ3n) is 3.63. The molecule has 0 radical (unpaired) electrons. The fourth-order valence-electron chi connectivity index (χ4n) is 2.53. The molecule has 0 aliphatic carbocycles. The van der Waals surface area contributed by atoms with Crippen LogP contribution in [0.1, 0.15) is 0 Å². The lowest BCUT2D eigenvalue weighted by Gasteiger charge is -2.06. The Balaban J connectivity index is 2.02. The normalized spacial score (nSPS) is 11.1. The Hall–Kier alpha value is -3.14. The lowest BCUT2D eigenvalue weighted by atomic mass is 10.1. The molecule has 1 N–H and O–H groups in total. The molecular formula is C18H11NO3. The molecule has 0 unspecified atom stereocenters. The number of nitrogens with zero attached hydrogens (tertiary/aromatic N) is 1. The van der Waals surface area contributed by atoms with Crippen molar-refractivity contribution in [3.63, 3.8) is 0 Å². The van der Waals surface area contributed by atoms with E-state index >= 15 is 0 Å². The molecule has 0 aliphatic heterocycles. The second kappa shape index (κ2) is 4.70. The summed E-state index contributed by atoms with van der Waals surface area (Å²) in [5.41, 5.74) is 0.482. The molecule has 0 fully saturated rings. The van der Waals surface area contributed by atoms with Crippen molar-refractivity contribution >= 4 is 21.7 Å². The van der Waals surface area contributed by atoms with Crippen molar-refractivity contribution in [3.05, 3.63) is 71.1 Å². The first-order valence-corrected chi connectivity index (χ1v) is 6.84. The van der Waals surface area contributed by atoms with Crippen LogP contribution in [0.5, 0.6) is 5.75 Å². The predicted octanol–water partition coefficient (Wildman–Crippen LogP) is 3.71. The second-order valence-corrected chi connectivity index (χ2v) is 5.04. The molecule has 0 aliphatic rings. The van der Waals surface area contributed by atoms with Crippen LogP contribution in [0.4, 0.5) is 0 Å². The summed E-state index contributed by atoms with van der Waals surface area (Å²) >= 11 is 0. The fraction of sp³-hybridized carbons (Fsp3) is 0. The van der Waals surface area contributed by atoms with Gasteiger partial charge in [-0.15, -0.1) is 0 Å². The minimum Gasteiger partial charge on any atom is -0.507 e. The van der Waals surface area contributed by atoms with Crippen LogP contribution in [-0.4, -0.2) is 10.1 Å². The molecule has 0 bridgehead atoms. The molecule has 3 aromatic carbocycles. The van der Waals surface area contributed by atoms with Crippen LogP contribution in [0.25, 0.3) is 33.1 Å². The molecule has 1 heterocycles. The molecule has 0 spiro atoms. The molecule has 4 heteroatoms. The Morgan fingerprint density at radius 3 is 2.41 bits per heavy atom. The highest BCUT2D eigenvalue weighted by Crippen LogP contribution is 2.32. The van der Waals surface area contributed by atoms with Crippen molar-refractivity contribution in [1.82, 2.24) is 4.98 Å². The van der Waals surface area contributed by atoms with Crippen LogP contribution < -0.4 is 5.63 Å². The summed E-state index contributed by atoms with van der Waals surface area (Å²) in [4.78, 5) is 16.4. The lowest BCUT2D eigenvalue weighted by Crippen LogP contribution is -2.02. The van der Waals surface area contributed by atoms with Crippen LogP contribution >= 0.6 is 0 Å². The van der Waals surface area contributed by atoms with Crippen LogP contribution in [0.3, 0.4) is 0 Å². The average molecular weight is 289 g/mol. The maximum absolute atomic E-state index is 12.1. The minimum atomic E-state index is -0.465. The van der Waals surface area contributed by atoms with Gasteiger partial charge in [-0.3, -0.25) is 0 Å². The first kappa shape index (κ1) is 12.6. The molecule has 0 atom stereocenters. The SMILES string of the molecule is O=c1oc(-c2cc3ccccc3cc2O)nc2ccccc12. The molecule has 0 saturated carbocycles. The van der Waals surface area contributed by atoms with Crippen LogP contribution in [0.2, 0.25) is 0 Å². The van der Waals surface area contributed by atoms with Gasteiger partial charge in [0.2, 0.25) is 5.89 Å². The number of aromatic hydroxyl groups is 1. The standard InChI is InChI=1S/C18H11NO3/c20-16-10-12-6-2-1-5-11(12)9-14(16)17-19-15-8-4-3-7-13(15)18(21)22-17/h1-10,20H. The van der Waals surface area contributed by atoms with Gasteiger partial charge in [0, 0.05) is 0 Å². The zero-order valence-corrected chi connectivity index (χ0v) is 11.5. The maximum Gasteiger partial charge on any atom is 0.347 e. The molecule has 106 valence electrons. The first-order chi connectivity index (χ1) is 10.7. The number of rotatable bonds is 1. The van der Waals surface area contributed by atoms with Gasteiger partial charge in [-0.25, -0.2) is 9.78 Å². The van der Waals surface area contributed by atoms with E-state index in [2.05, 4.69) is 4.98 Å². The molecular weight excluding hydrogens is 278 g/mol. The van der Waals surface area contributed by atoms with Crippen molar-refractivity contribution in [1.29, 1.82) is 0 Å². The zero-order valence-electron chi connectivity index (χ0n) is 11.5. The van der Waals surface area contributed by atoms with E-state index in [0.717, 1.165) is 10.8 Å². The Bertz CT molecular complexity index is 1070.